The zero-order valence-electron chi connectivity index (χ0n) is 37.2. The van der Waals surface area contributed by atoms with E-state index in [-0.39, 0.29) is 24.3 Å². The normalized spacial score (nSPS) is 28.2. The number of aliphatic hydroxyl groups is 1. The van der Waals surface area contributed by atoms with Crippen LogP contribution in [0.2, 0.25) is 0 Å². The monoisotopic (exact) mass is 893 g/mol. The number of nitrogens with zero attached hydrogens (tertiary/aromatic N) is 6. The van der Waals surface area contributed by atoms with Crippen molar-refractivity contribution in [2.45, 2.75) is 69.3 Å². The lowest BCUT2D eigenvalue weighted by Gasteiger charge is -2.48. The molecule has 6 aliphatic heterocycles. The van der Waals surface area contributed by atoms with Crippen molar-refractivity contribution in [2.75, 3.05) is 58.7 Å². The van der Waals surface area contributed by atoms with E-state index < -0.39 is 35.5 Å². The number of anilines is 2. The number of carbonyl (C=O) groups is 3. The third kappa shape index (κ3) is 7.06. The number of hydrogen-bond donors (Lipinski definition) is 4. The van der Waals surface area contributed by atoms with Gasteiger partial charge in [0.1, 0.15) is 22.9 Å². The van der Waals surface area contributed by atoms with Crippen LogP contribution in [-0.4, -0.2) is 141 Å². The number of ether oxygens (including phenoxy) is 1. The first-order chi connectivity index (χ1) is 31.4. The van der Waals surface area contributed by atoms with Crippen LogP contribution in [0.4, 0.5) is 16.4 Å². The van der Waals surface area contributed by atoms with Crippen LogP contribution in [0.15, 0.2) is 96.1 Å². The molecular formula is C50H55N9O5S. The van der Waals surface area contributed by atoms with Crippen molar-refractivity contribution in [1.29, 1.82) is 0 Å². The molecule has 2 aromatic heterocycles. The molecule has 65 heavy (non-hydrogen) atoms. The Morgan fingerprint density at radius 3 is 2.58 bits per heavy atom. The molecule has 0 radical (unpaired) electrons. The second-order valence-corrected chi connectivity index (χ2v) is 20.0. The molecule has 6 atom stereocenters. The minimum atomic E-state index is -2.04. The van der Waals surface area contributed by atoms with Crippen LogP contribution in [0, 0.1) is 12.8 Å². The lowest BCUT2D eigenvalue weighted by molar-refractivity contribution is -0.315. The standard InChI is InChI=1S/C33H35N5O5.C17H20N4S/c1-32(35-29(39)21-15-23-22-10-6-11-24-28(22)20(17-34-24)16-25(23)36(2)18-21)31(41)38-26(14-19-8-4-3-5-9-19)30(40)37-13-7-12-27(37)33(38,42)43-32;1-12-11-13-16(21-9-7-20(2)8-10-21)18-14-5-3-4-6-15(14)19-17(13)22-12/h3-6,8-11,15,17,21,25-27,34,42H,7,12-14,16,18H2,1-2H3,(H,35,39);3-6,11,19H,7-10H2,1-2H3/t21-,25-,26+,27+,32-,33+;/m1./s1. The van der Waals surface area contributed by atoms with Crippen LogP contribution >= 0.6 is 11.3 Å². The molecular weight excluding hydrogens is 839 g/mol. The third-order valence-electron chi connectivity index (χ3n) is 14.4. The van der Waals surface area contributed by atoms with E-state index in [0.717, 1.165) is 72.0 Å². The topological polar surface area (TPSA) is 149 Å². The Labute approximate surface area is 382 Å². The number of aryl methyl sites for hydroxylation is 1. The second-order valence-electron chi connectivity index (χ2n) is 18.8. The van der Waals surface area contributed by atoms with E-state index in [1.807, 2.05) is 49.5 Å². The zero-order chi connectivity index (χ0) is 44.8. The summed E-state index contributed by atoms with van der Waals surface area (Å²) in [5.41, 5.74) is 6.94. The van der Waals surface area contributed by atoms with E-state index in [1.54, 1.807) is 16.2 Å². The molecule has 1 aliphatic carbocycles. The van der Waals surface area contributed by atoms with E-state index >= 15 is 0 Å². The Morgan fingerprint density at radius 1 is 0.985 bits per heavy atom. The van der Waals surface area contributed by atoms with Crippen molar-refractivity contribution >= 4 is 67.7 Å². The van der Waals surface area contributed by atoms with Crippen LogP contribution in [0.25, 0.3) is 16.5 Å². The number of carbonyl (C=O) groups excluding carboxylic acids is 3. The molecule has 5 aromatic rings. The van der Waals surface area contributed by atoms with Gasteiger partial charge in [-0.2, -0.15) is 0 Å². The summed E-state index contributed by atoms with van der Waals surface area (Å²) in [5, 5.41) is 20.9. The summed E-state index contributed by atoms with van der Waals surface area (Å²) in [6.07, 6.45) is 6.38. The average Bonchev–Trinajstić information content (AvgIpc) is 4.07. The van der Waals surface area contributed by atoms with Crippen molar-refractivity contribution in [3.8, 4) is 0 Å². The number of aromatic nitrogens is 1. The van der Waals surface area contributed by atoms with Crippen LogP contribution in [0.3, 0.4) is 0 Å². The summed E-state index contributed by atoms with van der Waals surface area (Å²) >= 11 is 1.81. The van der Waals surface area contributed by atoms with Gasteiger partial charge < -0.3 is 35.4 Å². The molecule has 12 rings (SSSR count). The maximum absolute atomic E-state index is 14.2. The summed E-state index contributed by atoms with van der Waals surface area (Å²) in [4.78, 5) is 61.3. The quantitative estimate of drug-likeness (QED) is 0.186. The van der Waals surface area contributed by atoms with Gasteiger partial charge in [0, 0.05) is 73.7 Å². The highest BCUT2D eigenvalue weighted by atomic mass is 32.1. The lowest BCUT2D eigenvalue weighted by Crippen LogP contribution is -2.71. The number of thiophene rings is 1. The van der Waals surface area contributed by atoms with Gasteiger partial charge in [-0.05, 0) is 93.7 Å². The molecule has 8 heterocycles. The van der Waals surface area contributed by atoms with Gasteiger partial charge >= 0.3 is 0 Å². The Kier molecular flexibility index (Phi) is 10.3. The number of fused-ring (bicyclic) bond motifs is 7. The van der Waals surface area contributed by atoms with Crippen molar-refractivity contribution < 1.29 is 24.2 Å². The molecule has 0 unspecified atom stereocenters. The summed E-state index contributed by atoms with van der Waals surface area (Å²) in [7, 11) is 4.20. The Bertz CT molecular complexity index is 2780. The van der Waals surface area contributed by atoms with Gasteiger partial charge in [-0.1, -0.05) is 60.7 Å². The number of piperazine rings is 2. The Hall–Kier alpha value is -5.84. The molecule has 3 amide bonds. The highest BCUT2D eigenvalue weighted by Crippen LogP contribution is 2.47. The first-order valence-corrected chi connectivity index (χ1v) is 23.6. The Morgan fingerprint density at radius 2 is 1.77 bits per heavy atom. The largest absolute Gasteiger partial charge is 0.361 e. The fourth-order valence-corrected chi connectivity index (χ4v) is 12.0. The number of para-hydroxylation sites is 2. The van der Waals surface area contributed by atoms with Crippen LogP contribution in [0.5, 0.6) is 0 Å². The van der Waals surface area contributed by atoms with Gasteiger partial charge in [-0.25, -0.2) is 4.99 Å². The maximum Gasteiger partial charge on any atom is 0.280 e. The van der Waals surface area contributed by atoms with Crippen LogP contribution in [0.1, 0.15) is 46.9 Å². The molecule has 3 aromatic carbocycles. The minimum Gasteiger partial charge on any atom is -0.361 e. The summed E-state index contributed by atoms with van der Waals surface area (Å²) in [6.45, 7) is 8.86. The number of hydrogen-bond acceptors (Lipinski definition) is 11. The zero-order valence-corrected chi connectivity index (χ0v) is 38.0. The van der Waals surface area contributed by atoms with Gasteiger partial charge in [0.05, 0.1) is 22.9 Å². The second kappa shape index (κ2) is 15.9. The van der Waals surface area contributed by atoms with E-state index in [2.05, 4.69) is 93.0 Å². The highest BCUT2D eigenvalue weighted by molar-refractivity contribution is 7.16. The first kappa shape index (κ1) is 41.8. The summed E-state index contributed by atoms with van der Waals surface area (Å²) < 4.78 is 6.23. The summed E-state index contributed by atoms with van der Waals surface area (Å²) in [6, 6.07) is 24.7. The SMILES string of the molecule is CN1C[C@H](C(=O)N[C@]2(C)O[C@@]3(O)[C@@H]4CCCN4C(=O)[C@H](Cc4ccccc4)N3C2=O)C=C2c3cccc4[nH]cc(c34)C[C@H]21.Cc1cc2c(s1)Nc1ccccc1N=C2N1CCN(C)CC1. The van der Waals surface area contributed by atoms with Gasteiger partial charge in [0.15, 0.2) is 0 Å². The minimum absolute atomic E-state index is 0.144. The molecule has 0 spiro atoms. The molecule has 0 bridgehead atoms. The highest BCUT2D eigenvalue weighted by Gasteiger charge is 2.70. The molecule has 4 saturated heterocycles. The molecule has 15 heteroatoms. The van der Waals surface area contributed by atoms with Crippen molar-refractivity contribution in [3.63, 3.8) is 0 Å². The molecule has 0 saturated carbocycles. The van der Waals surface area contributed by atoms with Crippen molar-refractivity contribution in [1.82, 2.24) is 34.8 Å². The van der Waals surface area contributed by atoms with Crippen LogP contribution < -0.4 is 10.6 Å². The van der Waals surface area contributed by atoms with E-state index in [9.17, 15) is 19.5 Å². The van der Waals surface area contributed by atoms with E-state index in [1.165, 1.54) is 38.2 Å². The molecule has 336 valence electrons. The predicted molar refractivity (Wildman–Crippen MR) is 252 cm³/mol. The number of likely N-dealkylation sites (N-methyl/N-ethyl adjacent to an activating group) is 2. The van der Waals surface area contributed by atoms with Crippen molar-refractivity contribution in [2.24, 2.45) is 10.9 Å². The number of nitrogens with one attached hydrogen (secondary N) is 3. The number of rotatable bonds is 4. The van der Waals surface area contributed by atoms with Gasteiger partial charge in [0.25, 0.3) is 11.8 Å². The number of aromatic amines is 1. The molecule has 4 fully saturated rings. The number of amidine groups is 1. The molecule has 7 aliphatic rings. The lowest BCUT2D eigenvalue weighted by atomic mass is 9.79. The number of benzene rings is 3. The van der Waals surface area contributed by atoms with E-state index in [4.69, 9.17) is 9.73 Å². The first-order valence-electron chi connectivity index (χ1n) is 22.8. The van der Waals surface area contributed by atoms with E-state index in [0.29, 0.717) is 25.9 Å². The summed E-state index contributed by atoms with van der Waals surface area (Å²) in [5.74, 6) is -2.65. The fourth-order valence-electron chi connectivity index (χ4n) is 11.1. The third-order valence-corrected chi connectivity index (χ3v) is 15.4. The fraction of sp³-hybridized carbons (Fsp3) is 0.400. The number of H-pyrrole nitrogens is 1. The number of amides is 3. The smallest absolute Gasteiger partial charge is 0.280 e. The number of aliphatic imine (C=N–C) groups is 1. The van der Waals surface area contributed by atoms with Gasteiger partial charge in [-0.15, -0.1) is 11.3 Å². The van der Waals surface area contributed by atoms with Crippen LogP contribution in [-0.2, 0) is 32.0 Å². The Balaban J connectivity index is 0.000000178. The van der Waals surface area contributed by atoms with Crippen molar-refractivity contribution in [3.05, 3.63) is 118 Å². The van der Waals surface area contributed by atoms with Gasteiger partial charge in [-0.3, -0.25) is 28.9 Å². The average molecular weight is 894 g/mol. The molecule has 4 N–H and O–H groups in total. The maximum atomic E-state index is 14.2. The predicted octanol–water partition coefficient (Wildman–Crippen LogP) is 5.43. The van der Waals surface area contributed by atoms with Gasteiger partial charge in [0.2, 0.25) is 17.5 Å². The molecule has 14 nitrogen and oxygen atoms in total.